The van der Waals surface area contributed by atoms with Crippen LogP contribution in [-0.4, -0.2) is 30.7 Å². The van der Waals surface area contributed by atoms with Crippen molar-refractivity contribution in [2.45, 2.75) is 69.4 Å². The van der Waals surface area contributed by atoms with E-state index in [1.807, 2.05) is 6.07 Å². The van der Waals surface area contributed by atoms with Crippen LogP contribution in [0.1, 0.15) is 52.9 Å². The van der Waals surface area contributed by atoms with Crippen LogP contribution in [0.25, 0.3) is 22.2 Å². The second-order valence-electron chi connectivity index (χ2n) is 9.65. The highest BCUT2D eigenvalue weighted by Crippen LogP contribution is 2.34. The van der Waals surface area contributed by atoms with Crippen molar-refractivity contribution < 1.29 is 17.9 Å². The van der Waals surface area contributed by atoms with Gasteiger partial charge in [-0.3, -0.25) is 0 Å². The second-order valence-corrected chi connectivity index (χ2v) is 12.2. The molecular weight excluding hydrogens is 495 g/mol. The maximum absolute atomic E-state index is 13.2. The average molecular weight is 523 g/mol. The Kier molecular flexibility index (Phi) is 7.02. The summed E-state index contributed by atoms with van der Waals surface area (Å²) >= 11 is 12.6. The van der Waals surface area contributed by atoms with E-state index < -0.39 is 21.7 Å². The topological polar surface area (TPSA) is 77.4 Å². The summed E-state index contributed by atoms with van der Waals surface area (Å²) in [5.74, 6) is 0. The number of hydrogen-bond donors (Lipinski definition) is 1. The summed E-state index contributed by atoms with van der Waals surface area (Å²) in [4.78, 5) is 13.2. The SMILES string of the molecule is CC(C)(C)OC(=O)n1c(-c2ccc(Cl)c(S(=O)(=O)NC3CCCCC3)c2)cc2ccc(Cl)cc21. The number of benzene rings is 2. The van der Waals surface area contributed by atoms with Crippen molar-refractivity contribution >= 4 is 50.2 Å². The minimum Gasteiger partial charge on any atom is -0.443 e. The molecule has 4 rings (SSSR count). The Hall–Kier alpha value is -2.06. The summed E-state index contributed by atoms with van der Waals surface area (Å²) in [5.41, 5.74) is 0.849. The van der Waals surface area contributed by atoms with Crippen molar-refractivity contribution in [1.29, 1.82) is 0 Å². The van der Waals surface area contributed by atoms with Crippen LogP contribution in [0.15, 0.2) is 47.4 Å². The first-order valence-corrected chi connectivity index (χ1v) is 13.6. The lowest BCUT2D eigenvalue weighted by Gasteiger charge is -2.23. The van der Waals surface area contributed by atoms with Gasteiger partial charge in [-0.25, -0.2) is 22.5 Å². The molecule has 1 aliphatic rings. The van der Waals surface area contributed by atoms with Crippen LogP contribution in [0.5, 0.6) is 0 Å². The highest BCUT2D eigenvalue weighted by Gasteiger charge is 2.27. The van der Waals surface area contributed by atoms with Crippen LogP contribution in [-0.2, 0) is 14.8 Å². The van der Waals surface area contributed by atoms with Crippen molar-refractivity contribution in [3.63, 3.8) is 0 Å². The molecule has 0 unspecified atom stereocenters. The smallest absolute Gasteiger partial charge is 0.419 e. The molecule has 0 amide bonds. The van der Waals surface area contributed by atoms with Gasteiger partial charge in [-0.15, -0.1) is 0 Å². The van der Waals surface area contributed by atoms with Gasteiger partial charge in [0.15, 0.2) is 0 Å². The molecule has 1 saturated carbocycles. The molecule has 1 aromatic heterocycles. The van der Waals surface area contributed by atoms with Crippen LogP contribution in [0.4, 0.5) is 4.79 Å². The van der Waals surface area contributed by atoms with E-state index in [0.29, 0.717) is 21.8 Å². The highest BCUT2D eigenvalue weighted by atomic mass is 35.5. The summed E-state index contributed by atoms with van der Waals surface area (Å²) in [6, 6.07) is 11.7. The van der Waals surface area contributed by atoms with Crippen LogP contribution >= 0.6 is 23.2 Å². The molecule has 1 N–H and O–H groups in total. The average Bonchev–Trinajstić information content (AvgIpc) is 3.12. The van der Waals surface area contributed by atoms with Crippen molar-refractivity contribution in [2.75, 3.05) is 0 Å². The molecule has 2 aromatic carbocycles. The molecule has 182 valence electrons. The lowest BCUT2D eigenvalue weighted by molar-refractivity contribution is 0.0547. The molecule has 0 bridgehead atoms. The van der Waals surface area contributed by atoms with Crippen molar-refractivity contribution in [3.8, 4) is 11.3 Å². The standard InChI is InChI=1S/C25H28Cl2N2O4S/c1-25(2,3)33-24(30)29-21(13-16-9-11-18(26)15-22(16)29)17-10-12-20(27)23(14-17)34(31,32)28-19-7-5-4-6-8-19/h9-15,19,28H,4-8H2,1-3H3. The van der Waals surface area contributed by atoms with Crippen LogP contribution in [0.2, 0.25) is 10.0 Å². The van der Waals surface area contributed by atoms with Gasteiger partial charge in [0.2, 0.25) is 10.0 Å². The van der Waals surface area contributed by atoms with E-state index >= 15 is 0 Å². The molecule has 0 saturated heterocycles. The molecule has 0 spiro atoms. The zero-order valence-corrected chi connectivity index (χ0v) is 21.7. The highest BCUT2D eigenvalue weighted by molar-refractivity contribution is 7.89. The first kappa shape index (κ1) is 25.0. The molecule has 1 heterocycles. The van der Waals surface area contributed by atoms with E-state index in [1.165, 1.54) is 16.7 Å². The quantitative estimate of drug-likeness (QED) is 0.399. The van der Waals surface area contributed by atoms with Gasteiger partial charge in [0.1, 0.15) is 10.5 Å². The fraction of sp³-hybridized carbons (Fsp3) is 0.400. The van der Waals surface area contributed by atoms with Gasteiger partial charge in [-0.1, -0.05) is 54.6 Å². The monoisotopic (exact) mass is 522 g/mol. The molecule has 9 heteroatoms. The molecular formula is C25H28Cl2N2O4S. The normalized spacial score (nSPS) is 15.6. The number of carbonyl (C=O) groups excluding carboxylic acids is 1. The number of hydrogen-bond acceptors (Lipinski definition) is 4. The molecule has 34 heavy (non-hydrogen) atoms. The van der Waals surface area contributed by atoms with Gasteiger partial charge in [-0.05, 0) is 63.9 Å². The van der Waals surface area contributed by atoms with E-state index in [1.54, 1.807) is 45.0 Å². The minimum atomic E-state index is -3.85. The number of nitrogens with one attached hydrogen (secondary N) is 1. The van der Waals surface area contributed by atoms with E-state index in [9.17, 15) is 13.2 Å². The van der Waals surface area contributed by atoms with E-state index in [0.717, 1.165) is 37.5 Å². The summed E-state index contributed by atoms with van der Waals surface area (Å²) < 4.78 is 36.3. The lowest BCUT2D eigenvalue weighted by atomic mass is 9.96. The Morgan fingerprint density at radius 2 is 1.74 bits per heavy atom. The van der Waals surface area contributed by atoms with Crippen molar-refractivity contribution in [2.24, 2.45) is 0 Å². The zero-order chi connectivity index (χ0) is 24.7. The van der Waals surface area contributed by atoms with Crippen LogP contribution in [0.3, 0.4) is 0 Å². The Morgan fingerprint density at radius 1 is 1.03 bits per heavy atom. The Morgan fingerprint density at radius 3 is 2.41 bits per heavy atom. The van der Waals surface area contributed by atoms with Gasteiger partial charge in [0, 0.05) is 22.0 Å². The summed E-state index contributed by atoms with van der Waals surface area (Å²) in [5, 5.41) is 1.36. The van der Waals surface area contributed by atoms with Crippen LogP contribution < -0.4 is 4.72 Å². The summed E-state index contributed by atoms with van der Waals surface area (Å²) in [6.45, 7) is 5.35. The molecule has 1 aliphatic carbocycles. The number of nitrogens with zero attached hydrogens (tertiary/aromatic N) is 1. The van der Waals surface area contributed by atoms with E-state index in [-0.39, 0.29) is 16.0 Å². The largest absolute Gasteiger partial charge is 0.443 e. The molecule has 1 fully saturated rings. The van der Waals surface area contributed by atoms with Gasteiger partial charge in [0.05, 0.1) is 16.2 Å². The van der Waals surface area contributed by atoms with Crippen LogP contribution in [0, 0.1) is 0 Å². The van der Waals surface area contributed by atoms with Crippen molar-refractivity contribution in [3.05, 3.63) is 52.5 Å². The minimum absolute atomic E-state index is 0.0173. The maximum Gasteiger partial charge on any atom is 0.419 e. The molecule has 0 aliphatic heterocycles. The Bertz CT molecular complexity index is 1340. The number of fused-ring (bicyclic) bond motifs is 1. The van der Waals surface area contributed by atoms with Gasteiger partial charge in [-0.2, -0.15) is 0 Å². The molecule has 3 aromatic rings. The number of rotatable bonds is 4. The fourth-order valence-corrected chi connectivity index (χ4v) is 6.26. The summed E-state index contributed by atoms with van der Waals surface area (Å²) in [6.07, 6.45) is 4.15. The zero-order valence-electron chi connectivity index (χ0n) is 19.4. The Labute approximate surface area is 210 Å². The molecule has 0 atom stereocenters. The molecule has 6 nitrogen and oxygen atoms in total. The number of aromatic nitrogens is 1. The third-order valence-electron chi connectivity index (χ3n) is 5.79. The third-order valence-corrected chi connectivity index (χ3v) is 8.02. The van der Waals surface area contributed by atoms with Gasteiger partial charge < -0.3 is 4.74 Å². The number of sulfonamides is 1. The summed E-state index contributed by atoms with van der Waals surface area (Å²) in [7, 11) is -3.85. The van der Waals surface area contributed by atoms with E-state index in [2.05, 4.69) is 4.72 Å². The number of carbonyl (C=O) groups is 1. The lowest BCUT2D eigenvalue weighted by Crippen LogP contribution is -2.36. The predicted molar refractivity (Wildman–Crippen MR) is 136 cm³/mol. The van der Waals surface area contributed by atoms with E-state index in [4.69, 9.17) is 27.9 Å². The second kappa shape index (κ2) is 9.53. The third kappa shape index (κ3) is 5.43. The Balaban J connectivity index is 1.82. The first-order chi connectivity index (χ1) is 15.9. The fourth-order valence-electron chi connectivity index (χ4n) is 4.26. The first-order valence-electron chi connectivity index (χ1n) is 11.3. The van der Waals surface area contributed by atoms with Gasteiger partial charge >= 0.3 is 6.09 Å². The van der Waals surface area contributed by atoms with Crippen molar-refractivity contribution in [1.82, 2.24) is 9.29 Å². The predicted octanol–water partition coefficient (Wildman–Crippen LogP) is 7.01. The number of ether oxygens (including phenoxy) is 1. The number of halogens is 2. The van der Waals surface area contributed by atoms with Gasteiger partial charge in [0.25, 0.3) is 0 Å². The maximum atomic E-state index is 13.2. The molecule has 0 radical (unpaired) electrons.